The van der Waals surface area contributed by atoms with Gasteiger partial charge < -0.3 is 4.84 Å². The van der Waals surface area contributed by atoms with E-state index < -0.39 is 0 Å². The first-order valence-electron chi connectivity index (χ1n) is 6.78. The van der Waals surface area contributed by atoms with Crippen molar-refractivity contribution in [3.63, 3.8) is 0 Å². The van der Waals surface area contributed by atoms with Gasteiger partial charge in [0.15, 0.2) is 0 Å². The lowest BCUT2D eigenvalue weighted by Crippen LogP contribution is -2.22. The van der Waals surface area contributed by atoms with Crippen molar-refractivity contribution in [2.75, 3.05) is 0 Å². The molecule has 0 aromatic heterocycles. The quantitative estimate of drug-likeness (QED) is 0.774. The molecule has 0 fully saturated rings. The Morgan fingerprint density at radius 2 is 1.62 bits per heavy atom. The van der Waals surface area contributed by atoms with Crippen molar-refractivity contribution in [3.05, 3.63) is 11.3 Å². The van der Waals surface area contributed by atoms with Crippen LogP contribution in [0.3, 0.4) is 0 Å². The third kappa shape index (κ3) is 3.51. The molecule has 2 heteroatoms. The van der Waals surface area contributed by atoms with E-state index in [0.29, 0.717) is 17.9 Å². The molecule has 3 atom stereocenters. The van der Waals surface area contributed by atoms with Gasteiger partial charge in [0.1, 0.15) is 5.76 Å². The Kier molecular flexibility index (Phi) is 7.48. The van der Waals surface area contributed by atoms with Crippen LogP contribution < -0.4 is 5.48 Å². The number of hydrogen-bond acceptors (Lipinski definition) is 2. The summed E-state index contributed by atoms with van der Waals surface area (Å²) in [5, 5.41) is 0. The lowest BCUT2D eigenvalue weighted by molar-refractivity contribution is 0.0998. The van der Waals surface area contributed by atoms with Crippen molar-refractivity contribution in [1.29, 1.82) is 0 Å². The average molecular weight is 227 g/mol. The molecule has 2 nitrogen and oxygen atoms in total. The van der Waals surface area contributed by atoms with E-state index in [1.807, 2.05) is 13.8 Å². The van der Waals surface area contributed by atoms with Gasteiger partial charge in [-0.3, -0.25) is 0 Å². The molecule has 16 heavy (non-hydrogen) atoms. The number of hydrogen-bond donors (Lipinski definition) is 1. The predicted molar refractivity (Wildman–Crippen MR) is 71.0 cm³/mol. The molecule has 0 aliphatic carbocycles. The molecule has 1 rings (SSSR count). The highest BCUT2D eigenvalue weighted by Crippen LogP contribution is 2.32. The van der Waals surface area contributed by atoms with Crippen LogP contribution in [0, 0.1) is 11.8 Å². The molecule has 1 aliphatic heterocycles. The lowest BCUT2D eigenvalue weighted by Gasteiger charge is -2.16. The topological polar surface area (TPSA) is 21.3 Å². The molecular formula is C14H29NO. The van der Waals surface area contributed by atoms with Crippen LogP contribution in [0.5, 0.6) is 0 Å². The average Bonchev–Trinajstić information content (AvgIpc) is 2.71. The lowest BCUT2D eigenvalue weighted by atomic mass is 9.89. The molecule has 0 aromatic carbocycles. The van der Waals surface area contributed by atoms with Crippen molar-refractivity contribution in [1.82, 2.24) is 5.48 Å². The summed E-state index contributed by atoms with van der Waals surface area (Å²) in [5.41, 5.74) is 4.55. The Balaban J connectivity index is 0.00000106. The molecule has 0 amide bonds. The summed E-state index contributed by atoms with van der Waals surface area (Å²) in [6.07, 6.45) is 2.33. The molecule has 0 spiro atoms. The van der Waals surface area contributed by atoms with Gasteiger partial charge in [0.05, 0.1) is 6.04 Å². The minimum Gasteiger partial charge on any atom is -0.412 e. The predicted octanol–water partition coefficient (Wildman–Crippen LogP) is 4.28. The van der Waals surface area contributed by atoms with Crippen molar-refractivity contribution in [3.8, 4) is 0 Å². The van der Waals surface area contributed by atoms with Gasteiger partial charge in [-0.25, -0.2) is 0 Å². The van der Waals surface area contributed by atoms with E-state index in [0.717, 1.165) is 6.42 Å². The fourth-order valence-electron chi connectivity index (χ4n) is 1.95. The summed E-state index contributed by atoms with van der Waals surface area (Å²) in [6.45, 7) is 15.1. The van der Waals surface area contributed by atoms with E-state index in [-0.39, 0.29) is 0 Å². The minimum absolute atomic E-state index is 0.383. The first-order chi connectivity index (χ1) is 7.61. The Bertz CT molecular complexity index is 223. The molecule has 0 aromatic rings. The molecule has 1 heterocycles. The Morgan fingerprint density at radius 3 is 2.06 bits per heavy atom. The van der Waals surface area contributed by atoms with Gasteiger partial charge in [-0.15, -0.1) is 0 Å². The highest BCUT2D eigenvalue weighted by Gasteiger charge is 2.29. The summed E-state index contributed by atoms with van der Waals surface area (Å²) < 4.78 is 0. The van der Waals surface area contributed by atoms with Gasteiger partial charge in [0, 0.05) is 5.92 Å². The van der Waals surface area contributed by atoms with Crippen LogP contribution in [-0.4, -0.2) is 6.04 Å². The van der Waals surface area contributed by atoms with E-state index in [1.165, 1.54) is 17.8 Å². The maximum absolute atomic E-state index is 5.58. The summed E-state index contributed by atoms with van der Waals surface area (Å²) in [7, 11) is 0. The Hall–Kier alpha value is -0.500. The van der Waals surface area contributed by atoms with Gasteiger partial charge in [-0.1, -0.05) is 41.5 Å². The third-order valence-electron chi connectivity index (χ3n) is 3.30. The van der Waals surface area contributed by atoms with Crippen molar-refractivity contribution >= 4 is 0 Å². The van der Waals surface area contributed by atoms with E-state index in [9.17, 15) is 0 Å². The van der Waals surface area contributed by atoms with Crippen LogP contribution >= 0.6 is 0 Å². The summed E-state index contributed by atoms with van der Waals surface area (Å²) in [4.78, 5) is 5.58. The second-order valence-electron chi connectivity index (χ2n) is 4.38. The van der Waals surface area contributed by atoms with Gasteiger partial charge in [0.2, 0.25) is 0 Å². The van der Waals surface area contributed by atoms with Crippen molar-refractivity contribution in [2.45, 2.75) is 67.3 Å². The molecular weight excluding hydrogens is 198 g/mol. The monoisotopic (exact) mass is 227 g/mol. The summed E-state index contributed by atoms with van der Waals surface area (Å²) in [6, 6.07) is 0.383. The van der Waals surface area contributed by atoms with Crippen LogP contribution in [0.15, 0.2) is 11.3 Å². The number of nitrogens with one attached hydrogen (secondary N) is 1. The van der Waals surface area contributed by atoms with E-state index >= 15 is 0 Å². The van der Waals surface area contributed by atoms with Crippen LogP contribution in [0.1, 0.15) is 61.3 Å². The third-order valence-corrected chi connectivity index (χ3v) is 3.30. The summed E-state index contributed by atoms with van der Waals surface area (Å²) in [5.74, 6) is 2.36. The van der Waals surface area contributed by atoms with Crippen molar-refractivity contribution < 1.29 is 4.84 Å². The molecule has 1 N–H and O–H groups in total. The largest absolute Gasteiger partial charge is 0.412 e. The van der Waals surface area contributed by atoms with Crippen LogP contribution in [0.4, 0.5) is 0 Å². The zero-order valence-corrected chi connectivity index (χ0v) is 12.1. The second-order valence-corrected chi connectivity index (χ2v) is 4.38. The highest BCUT2D eigenvalue weighted by atomic mass is 16.7. The van der Waals surface area contributed by atoms with E-state index in [2.05, 4.69) is 40.1 Å². The van der Waals surface area contributed by atoms with Gasteiger partial charge in [-0.05, 0) is 31.3 Å². The normalized spacial score (nSPS) is 23.3. The fraction of sp³-hybridized carbons (Fsp3) is 0.857. The highest BCUT2D eigenvalue weighted by molar-refractivity contribution is 5.22. The zero-order chi connectivity index (χ0) is 12.7. The minimum atomic E-state index is 0.383. The molecule has 0 bridgehead atoms. The molecule has 0 saturated carbocycles. The summed E-state index contributed by atoms with van der Waals surface area (Å²) >= 11 is 0. The first kappa shape index (κ1) is 15.5. The first-order valence-corrected chi connectivity index (χ1v) is 6.78. The maximum atomic E-state index is 5.58. The van der Waals surface area contributed by atoms with Gasteiger partial charge in [-0.2, -0.15) is 5.48 Å². The SMILES string of the molecule is CC.CCC(C)C1=C(C(C)CC)C(C)NO1. The second kappa shape index (κ2) is 7.72. The smallest absolute Gasteiger partial charge is 0.128 e. The molecule has 3 unspecified atom stereocenters. The molecule has 0 saturated heterocycles. The zero-order valence-electron chi connectivity index (χ0n) is 12.1. The van der Waals surface area contributed by atoms with Crippen LogP contribution in [0.25, 0.3) is 0 Å². The van der Waals surface area contributed by atoms with Crippen LogP contribution in [0.2, 0.25) is 0 Å². The number of rotatable bonds is 4. The number of allylic oxidation sites excluding steroid dienone is 1. The van der Waals surface area contributed by atoms with Crippen LogP contribution in [-0.2, 0) is 4.84 Å². The van der Waals surface area contributed by atoms with E-state index in [4.69, 9.17) is 4.84 Å². The van der Waals surface area contributed by atoms with Gasteiger partial charge >= 0.3 is 0 Å². The molecule has 1 aliphatic rings. The number of hydroxylamine groups is 1. The maximum Gasteiger partial charge on any atom is 0.128 e. The molecule has 0 radical (unpaired) electrons. The van der Waals surface area contributed by atoms with E-state index in [1.54, 1.807) is 0 Å². The van der Waals surface area contributed by atoms with Crippen molar-refractivity contribution in [2.24, 2.45) is 11.8 Å². The Labute approximate surface area is 101 Å². The Morgan fingerprint density at radius 1 is 1.12 bits per heavy atom. The van der Waals surface area contributed by atoms with Gasteiger partial charge in [0.25, 0.3) is 0 Å². The fourth-order valence-corrected chi connectivity index (χ4v) is 1.95. The standard InChI is InChI=1S/C12H23NO.C2H6/c1-6-8(3)11-10(5)13-14-12(11)9(4)7-2;1-2/h8-10,13H,6-7H2,1-5H3;1-2H3. The molecule has 96 valence electrons.